The number of carbonyl (C=O) groups is 1. The Balaban J connectivity index is 2.28. The van der Waals surface area contributed by atoms with E-state index in [1.165, 1.54) is 0 Å². The third kappa shape index (κ3) is 3.25. The molecule has 1 unspecified atom stereocenters. The second-order valence-electron chi connectivity index (χ2n) is 5.11. The van der Waals surface area contributed by atoms with Crippen molar-refractivity contribution in [1.82, 2.24) is 20.1 Å². The fourth-order valence-electron chi connectivity index (χ4n) is 2.49. The van der Waals surface area contributed by atoms with E-state index in [4.69, 9.17) is 23.2 Å². The highest BCUT2D eigenvalue weighted by molar-refractivity contribution is 6.34. The Morgan fingerprint density at radius 1 is 1.36 bits per heavy atom. The summed E-state index contributed by atoms with van der Waals surface area (Å²) >= 11 is 11.7. The van der Waals surface area contributed by atoms with E-state index < -0.39 is 0 Å². The number of hydrogen-bond acceptors (Lipinski definition) is 3. The van der Waals surface area contributed by atoms with E-state index in [-0.39, 0.29) is 22.3 Å². The molecule has 0 fully saturated rings. The SMILES string of the molecule is CCC(NC(=O)c1ccc(Cl)nc1Cl)c1c(C)nn(C)c1C. The number of amides is 1. The van der Waals surface area contributed by atoms with Crippen molar-refractivity contribution < 1.29 is 4.79 Å². The number of nitrogens with one attached hydrogen (secondary N) is 1. The van der Waals surface area contributed by atoms with Crippen LogP contribution < -0.4 is 5.32 Å². The Morgan fingerprint density at radius 3 is 2.55 bits per heavy atom. The van der Waals surface area contributed by atoms with E-state index >= 15 is 0 Å². The summed E-state index contributed by atoms with van der Waals surface area (Å²) in [6.45, 7) is 5.94. The van der Waals surface area contributed by atoms with Gasteiger partial charge in [-0.25, -0.2) is 4.98 Å². The van der Waals surface area contributed by atoms with Crippen LogP contribution in [0.4, 0.5) is 0 Å². The molecule has 1 amide bonds. The number of halogens is 2. The molecule has 2 rings (SSSR count). The quantitative estimate of drug-likeness (QED) is 0.864. The average molecular weight is 341 g/mol. The van der Waals surface area contributed by atoms with Gasteiger partial charge in [0.25, 0.3) is 5.91 Å². The number of hydrogen-bond donors (Lipinski definition) is 1. The topological polar surface area (TPSA) is 59.8 Å². The summed E-state index contributed by atoms with van der Waals surface area (Å²) in [5.41, 5.74) is 3.29. The van der Waals surface area contributed by atoms with Gasteiger partial charge in [0.2, 0.25) is 0 Å². The fourth-order valence-corrected chi connectivity index (χ4v) is 2.92. The molecule has 0 saturated heterocycles. The third-order valence-corrected chi connectivity index (χ3v) is 4.19. The Morgan fingerprint density at radius 2 is 2.05 bits per heavy atom. The first-order valence-corrected chi connectivity index (χ1v) is 7.73. The van der Waals surface area contributed by atoms with Crippen LogP contribution in [0.5, 0.6) is 0 Å². The lowest BCUT2D eigenvalue weighted by Gasteiger charge is -2.18. The maximum Gasteiger partial charge on any atom is 0.254 e. The largest absolute Gasteiger partial charge is 0.345 e. The molecule has 0 saturated carbocycles. The molecule has 2 aromatic heterocycles. The lowest BCUT2D eigenvalue weighted by molar-refractivity contribution is 0.0935. The van der Waals surface area contributed by atoms with Crippen LogP contribution in [0.1, 0.15) is 46.7 Å². The van der Waals surface area contributed by atoms with E-state index in [1.807, 2.05) is 32.5 Å². The summed E-state index contributed by atoms with van der Waals surface area (Å²) in [5, 5.41) is 7.75. The van der Waals surface area contributed by atoms with Crippen LogP contribution in [0.3, 0.4) is 0 Å². The van der Waals surface area contributed by atoms with Crippen molar-refractivity contribution in [2.24, 2.45) is 7.05 Å². The maximum absolute atomic E-state index is 12.4. The highest BCUT2D eigenvalue weighted by Crippen LogP contribution is 2.25. The van der Waals surface area contributed by atoms with Crippen molar-refractivity contribution in [2.45, 2.75) is 33.2 Å². The van der Waals surface area contributed by atoms with Gasteiger partial charge in [-0.05, 0) is 32.4 Å². The van der Waals surface area contributed by atoms with Gasteiger partial charge in [0, 0.05) is 18.3 Å². The van der Waals surface area contributed by atoms with Crippen molar-refractivity contribution in [3.05, 3.63) is 45.0 Å². The van der Waals surface area contributed by atoms with E-state index in [0.717, 1.165) is 23.4 Å². The Hall–Kier alpha value is -1.59. The number of nitrogens with zero attached hydrogens (tertiary/aromatic N) is 3. The minimum Gasteiger partial charge on any atom is -0.345 e. The van der Waals surface area contributed by atoms with Gasteiger partial charge in [0.05, 0.1) is 17.3 Å². The Bertz CT molecular complexity index is 712. The number of pyridine rings is 1. The molecule has 0 radical (unpaired) electrons. The van der Waals surface area contributed by atoms with Crippen molar-refractivity contribution in [3.63, 3.8) is 0 Å². The number of aromatic nitrogens is 3. The van der Waals surface area contributed by atoms with Gasteiger partial charge >= 0.3 is 0 Å². The lowest BCUT2D eigenvalue weighted by Crippen LogP contribution is -2.29. The van der Waals surface area contributed by atoms with Gasteiger partial charge in [-0.3, -0.25) is 9.48 Å². The summed E-state index contributed by atoms with van der Waals surface area (Å²) in [4.78, 5) is 16.3. The molecular weight excluding hydrogens is 323 g/mol. The Labute approximate surface area is 139 Å². The summed E-state index contributed by atoms with van der Waals surface area (Å²) in [6.07, 6.45) is 0.748. The molecule has 5 nitrogen and oxygen atoms in total. The molecular formula is C15H18Cl2N4O. The van der Waals surface area contributed by atoms with Crippen LogP contribution >= 0.6 is 23.2 Å². The molecule has 22 heavy (non-hydrogen) atoms. The van der Waals surface area contributed by atoms with Crippen LogP contribution in [0.15, 0.2) is 12.1 Å². The van der Waals surface area contributed by atoms with Gasteiger partial charge in [0.1, 0.15) is 10.3 Å². The summed E-state index contributed by atoms with van der Waals surface area (Å²) < 4.78 is 1.82. The maximum atomic E-state index is 12.4. The average Bonchev–Trinajstić information content (AvgIpc) is 2.69. The van der Waals surface area contributed by atoms with Gasteiger partial charge in [-0.2, -0.15) is 5.10 Å². The summed E-state index contributed by atoms with van der Waals surface area (Å²) in [6, 6.07) is 2.99. The summed E-state index contributed by atoms with van der Waals surface area (Å²) in [7, 11) is 1.89. The first kappa shape index (κ1) is 16.8. The van der Waals surface area contributed by atoms with Crippen LogP contribution in [0.2, 0.25) is 10.3 Å². The van der Waals surface area contributed by atoms with E-state index in [0.29, 0.717) is 5.56 Å². The highest BCUT2D eigenvalue weighted by atomic mass is 35.5. The lowest BCUT2D eigenvalue weighted by atomic mass is 10.0. The highest BCUT2D eigenvalue weighted by Gasteiger charge is 2.22. The standard InChI is InChI=1S/C15H18Cl2N4O/c1-5-11(13-8(2)20-21(4)9(13)3)18-15(22)10-6-7-12(16)19-14(10)17/h6-7,11H,5H2,1-4H3,(H,18,22). The number of aryl methyl sites for hydroxylation is 2. The molecule has 0 aliphatic carbocycles. The van der Waals surface area contributed by atoms with E-state index in [1.54, 1.807) is 12.1 Å². The molecule has 118 valence electrons. The van der Waals surface area contributed by atoms with E-state index in [2.05, 4.69) is 15.4 Å². The first-order valence-electron chi connectivity index (χ1n) is 6.98. The zero-order chi connectivity index (χ0) is 16.4. The van der Waals surface area contributed by atoms with E-state index in [9.17, 15) is 4.79 Å². The summed E-state index contributed by atoms with van der Waals surface area (Å²) in [5.74, 6) is -0.274. The smallest absolute Gasteiger partial charge is 0.254 e. The molecule has 1 N–H and O–H groups in total. The van der Waals surface area contributed by atoms with Crippen LogP contribution in [-0.2, 0) is 7.05 Å². The predicted molar refractivity (Wildman–Crippen MR) is 87.4 cm³/mol. The van der Waals surface area contributed by atoms with Gasteiger partial charge in [-0.1, -0.05) is 30.1 Å². The third-order valence-electron chi connectivity index (χ3n) is 3.69. The number of carbonyl (C=O) groups excluding carboxylic acids is 1. The van der Waals surface area contributed by atoms with Crippen molar-refractivity contribution >= 4 is 29.1 Å². The van der Waals surface area contributed by atoms with Crippen LogP contribution in [0, 0.1) is 13.8 Å². The first-order chi connectivity index (χ1) is 10.3. The second kappa shape index (κ2) is 6.67. The Kier molecular flexibility index (Phi) is 5.08. The normalized spacial score (nSPS) is 12.3. The van der Waals surface area contributed by atoms with Gasteiger partial charge in [-0.15, -0.1) is 0 Å². The van der Waals surface area contributed by atoms with Crippen LogP contribution in [-0.4, -0.2) is 20.7 Å². The molecule has 0 bridgehead atoms. The predicted octanol–water partition coefficient (Wildman–Crippen LogP) is 3.62. The molecule has 2 aromatic rings. The van der Waals surface area contributed by atoms with Crippen molar-refractivity contribution in [2.75, 3.05) is 0 Å². The second-order valence-corrected chi connectivity index (χ2v) is 5.86. The number of rotatable bonds is 4. The van der Waals surface area contributed by atoms with Gasteiger partial charge < -0.3 is 5.32 Å². The molecule has 0 aliphatic rings. The molecule has 0 aromatic carbocycles. The zero-order valence-electron chi connectivity index (χ0n) is 12.9. The van der Waals surface area contributed by atoms with Crippen LogP contribution in [0.25, 0.3) is 0 Å². The van der Waals surface area contributed by atoms with Gasteiger partial charge in [0.15, 0.2) is 0 Å². The molecule has 0 spiro atoms. The monoisotopic (exact) mass is 340 g/mol. The fraction of sp³-hybridized carbons (Fsp3) is 0.400. The molecule has 2 heterocycles. The molecule has 0 aliphatic heterocycles. The zero-order valence-corrected chi connectivity index (χ0v) is 14.5. The molecule has 7 heteroatoms. The van der Waals surface area contributed by atoms with Crippen molar-refractivity contribution in [3.8, 4) is 0 Å². The van der Waals surface area contributed by atoms with Crippen molar-refractivity contribution in [1.29, 1.82) is 0 Å². The molecule has 1 atom stereocenters. The minimum atomic E-state index is -0.274. The minimum absolute atomic E-state index is 0.0967.